The molecule has 3 aliphatic carbocycles. The average Bonchev–Trinajstić information content (AvgIpc) is 3.48. The fraction of sp³-hybridized carbons (Fsp3) is 0.458. The van der Waals surface area contributed by atoms with Crippen LogP contribution in [-0.2, 0) is 6.42 Å². The highest BCUT2D eigenvalue weighted by molar-refractivity contribution is 7.99. The summed E-state index contributed by atoms with van der Waals surface area (Å²) in [6, 6.07) is 13.5. The SMILES string of the molecule is C=C1c2ccccc2C[C@]12CC[C@H](c1ccc(SCC3CC3)nc1)CC2. The van der Waals surface area contributed by atoms with Gasteiger partial charge in [0.1, 0.15) is 0 Å². The molecule has 1 heterocycles. The van der Waals surface area contributed by atoms with E-state index in [1.807, 2.05) is 11.8 Å². The maximum absolute atomic E-state index is 4.74. The zero-order chi connectivity index (χ0) is 17.6. The van der Waals surface area contributed by atoms with Crippen molar-refractivity contribution in [2.75, 3.05) is 5.75 Å². The molecule has 0 unspecified atom stereocenters. The van der Waals surface area contributed by atoms with E-state index in [1.165, 1.54) is 78.0 Å². The topological polar surface area (TPSA) is 12.9 Å². The minimum absolute atomic E-state index is 0.327. The second kappa shape index (κ2) is 6.56. The molecule has 0 N–H and O–H groups in total. The minimum Gasteiger partial charge on any atom is -0.250 e. The number of hydrogen-bond donors (Lipinski definition) is 0. The van der Waals surface area contributed by atoms with Crippen LogP contribution < -0.4 is 0 Å². The number of benzene rings is 1. The van der Waals surface area contributed by atoms with Crippen LogP contribution in [0.2, 0.25) is 0 Å². The third kappa shape index (κ3) is 3.03. The number of pyridine rings is 1. The van der Waals surface area contributed by atoms with Crippen LogP contribution in [0.1, 0.15) is 61.1 Å². The molecule has 0 amide bonds. The van der Waals surface area contributed by atoms with Crippen molar-refractivity contribution in [3.8, 4) is 0 Å². The fourth-order valence-electron chi connectivity index (χ4n) is 4.91. The van der Waals surface area contributed by atoms with Gasteiger partial charge in [0.15, 0.2) is 0 Å². The van der Waals surface area contributed by atoms with Crippen LogP contribution >= 0.6 is 11.8 Å². The molecule has 134 valence electrons. The van der Waals surface area contributed by atoms with Crippen LogP contribution in [0, 0.1) is 11.3 Å². The van der Waals surface area contributed by atoms with Gasteiger partial charge in [-0.05, 0) is 90.5 Å². The number of hydrogen-bond acceptors (Lipinski definition) is 2. The molecule has 0 saturated heterocycles. The molecule has 2 aromatic rings. The van der Waals surface area contributed by atoms with E-state index in [1.54, 1.807) is 0 Å². The van der Waals surface area contributed by atoms with Gasteiger partial charge in [0.2, 0.25) is 0 Å². The van der Waals surface area contributed by atoms with Gasteiger partial charge in [0.25, 0.3) is 0 Å². The summed E-state index contributed by atoms with van der Waals surface area (Å²) < 4.78 is 0. The molecule has 0 bridgehead atoms. The van der Waals surface area contributed by atoms with Crippen molar-refractivity contribution in [1.29, 1.82) is 0 Å². The second-order valence-electron chi connectivity index (χ2n) is 8.55. The van der Waals surface area contributed by atoms with Crippen LogP contribution in [0.3, 0.4) is 0 Å². The lowest BCUT2D eigenvalue weighted by atomic mass is 9.66. The van der Waals surface area contributed by atoms with Gasteiger partial charge in [-0.25, -0.2) is 4.98 Å². The first-order chi connectivity index (χ1) is 12.7. The quantitative estimate of drug-likeness (QED) is 0.577. The first-order valence-electron chi connectivity index (χ1n) is 10.1. The predicted molar refractivity (Wildman–Crippen MR) is 111 cm³/mol. The highest BCUT2D eigenvalue weighted by Crippen LogP contribution is 2.56. The van der Waals surface area contributed by atoms with Crippen molar-refractivity contribution in [3.05, 3.63) is 65.9 Å². The Morgan fingerprint density at radius 2 is 1.85 bits per heavy atom. The van der Waals surface area contributed by atoms with Gasteiger partial charge in [-0.3, -0.25) is 0 Å². The van der Waals surface area contributed by atoms with Gasteiger partial charge >= 0.3 is 0 Å². The van der Waals surface area contributed by atoms with Crippen molar-refractivity contribution < 1.29 is 0 Å². The molecule has 1 aromatic carbocycles. The zero-order valence-corrected chi connectivity index (χ0v) is 16.2. The molecule has 1 spiro atoms. The Bertz CT molecular complexity index is 810. The van der Waals surface area contributed by atoms with E-state index >= 15 is 0 Å². The summed E-state index contributed by atoms with van der Waals surface area (Å²) in [5.74, 6) is 2.88. The van der Waals surface area contributed by atoms with E-state index in [-0.39, 0.29) is 0 Å². The number of thioether (sulfide) groups is 1. The maximum Gasteiger partial charge on any atom is 0.0960 e. The molecule has 5 rings (SSSR count). The van der Waals surface area contributed by atoms with Gasteiger partial charge in [0.05, 0.1) is 5.03 Å². The third-order valence-electron chi connectivity index (χ3n) is 6.85. The van der Waals surface area contributed by atoms with E-state index in [9.17, 15) is 0 Å². The Labute approximate surface area is 161 Å². The Kier molecular flexibility index (Phi) is 4.20. The lowest BCUT2D eigenvalue weighted by Crippen LogP contribution is -2.26. The second-order valence-corrected chi connectivity index (χ2v) is 9.59. The van der Waals surface area contributed by atoms with Gasteiger partial charge in [-0.15, -0.1) is 11.8 Å². The number of rotatable bonds is 4. The predicted octanol–water partition coefficient (Wildman–Crippen LogP) is 6.50. The summed E-state index contributed by atoms with van der Waals surface area (Å²) in [5, 5.41) is 1.20. The first-order valence-corrected chi connectivity index (χ1v) is 11.1. The largest absolute Gasteiger partial charge is 0.250 e. The van der Waals surface area contributed by atoms with E-state index < -0.39 is 0 Å². The number of nitrogens with zero attached hydrogens (tertiary/aromatic N) is 1. The molecule has 0 radical (unpaired) electrons. The standard InChI is InChI=1S/C24H27NS/c1-17-22-5-3-2-4-20(22)14-24(17)12-10-19(11-13-24)21-8-9-23(25-15-21)26-16-18-6-7-18/h2-5,8-9,15,18-19H,1,6-7,10-14,16H2/t19-,24+. The molecule has 3 aliphatic rings. The molecule has 2 fully saturated rings. The van der Waals surface area contributed by atoms with E-state index in [0.29, 0.717) is 11.3 Å². The van der Waals surface area contributed by atoms with Crippen LogP contribution in [-0.4, -0.2) is 10.7 Å². The Morgan fingerprint density at radius 1 is 1.04 bits per heavy atom. The van der Waals surface area contributed by atoms with E-state index in [0.717, 1.165) is 5.92 Å². The highest BCUT2D eigenvalue weighted by Gasteiger charge is 2.43. The number of aromatic nitrogens is 1. The molecule has 1 aromatic heterocycles. The van der Waals surface area contributed by atoms with Crippen LogP contribution in [0.4, 0.5) is 0 Å². The highest BCUT2D eigenvalue weighted by atomic mass is 32.2. The smallest absolute Gasteiger partial charge is 0.0960 e. The van der Waals surface area contributed by atoms with Crippen molar-refractivity contribution >= 4 is 17.3 Å². The van der Waals surface area contributed by atoms with Gasteiger partial charge in [-0.1, -0.05) is 36.9 Å². The van der Waals surface area contributed by atoms with Crippen molar-refractivity contribution in [2.45, 2.75) is 55.9 Å². The Balaban J connectivity index is 1.24. The molecule has 1 nitrogen and oxygen atoms in total. The molecular weight excluding hydrogens is 334 g/mol. The summed E-state index contributed by atoms with van der Waals surface area (Å²) in [6.07, 6.45) is 11.3. The lowest BCUT2D eigenvalue weighted by molar-refractivity contribution is 0.255. The minimum atomic E-state index is 0.327. The summed E-state index contributed by atoms with van der Waals surface area (Å²) in [4.78, 5) is 4.74. The van der Waals surface area contributed by atoms with Crippen molar-refractivity contribution in [1.82, 2.24) is 4.98 Å². The fourth-order valence-corrected chi connectivity index (χ4v) is 5.95. The van der Waals surface area contributed by atoms with Crippen LogP contribution in [0.15, 0.2) is 54.2 Å². The number of fused-ring (bicyclic) bond motifs is 1. The normalized spacial score (nSPS) is 27.7. The monoisotopic (exact) mass is 361 g/mol. The summed E-state index contributed by atoms with van der Waals surface area (Å²) in [7, 11) is 0. The van der Waals surface area contributed by atoms with Gasteiger partial charge < -0.3 is 0 Å². The zero-order valence-electron chi connectivity index (χ0n) is 15.4. The van der Waals surface area contributed by atoms with E-state index in [2.05, 4.69) is 49.2 Å². The molecular formula is C24H27NS. The summed E-state index contributed by atoms with van der Waals surface area (Å²) >= 11 is 1.93. The Hall–Kier alpha value is -1.54. The number of allylic oxidation sites excluding steroid dienone is 1. The van der Waals surface area contributed by atoms with E-state index in [4.69, 9.17) is 4.98 Å². The summed E-state index contributed by atoms with van der Waals surface area (Å²) in [6.45, 7) is 4.51. The molecule has 0 aliphatic heterocycles. The third-order valence-corrected chi connectivity index (χ3v) is 8.02. The van der Waals surface area contributed by atoms with Gasteiger partial charge in [-0.2, -0.15) is 0 Å². The first kappa shape index (κ1) is 16.6. The summed E-state index contributed by atoms with van der Waals surface area (Å²) in [5.41, 5.74) is 6.10. The lowest BCUT2D eigenvalue weighted by Gasteiger charge is -2.38. The van der Waals surface area contributed by atoms with Crippen molar-refractivity contribution in [2.24, 2.45) is 11.3 Å². The average molecular weight is 362 g/mol. The molecule has 2 heteroatoms. The molecule has 26 heavy (non-hydrogen) atoms. The van der Waals surface area contributed by atoms with Crippen LogP contribution in [0.25, 0.3) is 5.57 Å². The van der Waals surface area contributed by atoms with Crippen LogP contribution in [0.5, 0.6) is 0 Å². The molecule has 0 atom stereocenters. The van der Waals surface area contributed by atoms with Gasteiger partial charge in [0, 0.05) is 11.9 Å². The maximum atomic E-state index is 4.74. The van der Waals surface area contributed by atoms with Crippen molar-refractivity contribution in [3.63, 3.8) is 0 Å². The molecule has 2 saturated carbocycles. The Morgan fingerprint density at radius 3 is 2.54 bits per heavy atom.